The molecule has 0 saturated heterocycles. The highest BCUT2D eigenvalue weighted by molar-refractivity contribution is 5.92. The second-order valence-corrected chi connectivity index (χ2v) is 4.84. The molecule has 7 nitrogen and oxygen atoms in total. The van der Waals surface area contributed by atoms with Gasteiger partial charge in [-0.25, -0.2) is 0 Å². The molecular formula is C16H16N4O3. The van der Waals surface area contributed by atoms with E-state index in [4.69, 9.17) is 9.47 Å². The lowest BCUT2D eigenvalue weighted by molar-refractivity contribution is 0.0945. The molecule has 1 aromatic heterocycles. The zero-order chi connectivity index (χ0) is 16.1. The Bertz CT molecular complexity index is 716. The Balaban J connectivity index is 1.57. The van der Waals surface area contributed by atoms with Crippen molar-refractivity contribution in [2.45, 2.75) is 6.54 Å². The van der Waals surface area contributed by atoms with E-state index in [1.165, 1.54) is 0 Å². The third-order valence-electron chi connectivity index (χ3n) is 3.21. The molecule has 0 unspecified atom stereocenters. The number of anilines is 1. The Morgan fingerprint density at radius 3 is 2.87 bits per heavy atom. The van der Waals surface area contributed by atoms with Gasteiger partial charge in [0.05, 0.1) is 0 Å². The van der Waals surface area contributed by atoms with E-state index in [1.54, 1.807) is 18.2 Å². The summed E-state index contributed by atoms with van der Waals surface area (Å²) < 4.78 is 10.6. The lowest BCUT2D eigenvalue weighted by atomic mass is 10.2. The first-order valence-corrected chi connectivity index (χ1v) is 7.11. The van der Waals surface area contributed by atoms with E-state index < -0.39 is 0 Å². The minimum atomic E-state index is -0.287. The predicted octanol–water partition coefficient (Wildman–Crippen LogP) is 1.73. The van der Waals surface area contributed by atoms with Crippen LogP contribution in [0.5, 0.6) is 11.5 Å². The Morgan fingerprint density at radius 1 is 1.22 bits per heavy atom. The molecule has 0 atom stereocenters. The van der Waals surface area contributed by atoms with Crippen molar-refractivity contribution in [3.63, 3.8) is 0 Å². The van der Waals surface area contributed by atoms with Gasteiger partial charge in [-0.15, -0.1) is 16.8 Å². The van der Waals surface area contributed by atoms with Crippen molar-refractivity contribution in [1.82, 2.24) is 15.5 Å². The normalized spacial score (nSPS) is 11.8. The Hall–Kier alpha value is -3.09. The number of hydrogen-bond acceptors (Lipinski definition) is 6. The number of nitrogens with one attached hydrogen (secondary N) is 2. The number of aromatic nitrogens is 2. The molecule has 0 bridgehead atoms. The third kappa shape index (κ3) is 3.57. The number of carbonyl (C=O) groups is 1. The lowest BCUT2D eigenvalue weighted by Crippen LogP contribution is -2.24. The van der Waals surface area contributed by atoms with Crippen molar-refractivity contribution >= 4 is 11.7 Å². The maximum absolute atomic E-state index is 12.1. The quantitative estimate of drug-likeness (QED) is 0.790. The first-order valence-electron chi connectivity index (χ1n) is 7.11. The molecule has 1 aromatic carbocycles. The average Bonchev–Trinajstić information content (AvgIpc) is 3.06. The third-order valence-corrected chi connectivity index (χ3v) is 3.21. The summed E-state index contributed by atoms with van der Waals surface area (Å²) in [6.07, 6.45) is 1.72. The Labute approximate surface area is 133 Å². The van der Waals surface area contributed by atoms with Gasteiger partial charge in [-0.05, 0) is 29.8 Å². The topological polar surface area (TPSA) is 85.4 Å². The molecule has 118 valence electrons. The predicted molar refractivity (Wildman–Crippen MR) is 84.5 cm³/mol. The molecular weight excluding hydrogens is 296 g/mol. The molecule has 0 fully saturated rings. The highest BCUT2D eigenvalue weighted by Crippen LogP contribution is 2.32. The number of carbonyl (C=O) groups excluding carboxylic acids is 1. The number of benzene rings is 1. The second-order valence-electron chi connectivity index (χ2n) is 4.84. The lowest BCUT2D eigenvalue weighted by Gasteiger charge is -2.06. The summed E-state index contributed by atoms with van der Waals surface area (Å²) in [6, 6.07) is 8.86. The van der Waals surface area contributed by atoms with Gasteiger partial charge in [0, 0.05) is 13.1 Å². The fraction of sp³-hybridized carbons (Fsp3) is 0.188. The molecule has 1 aliphatic rings. The molecule has 2 N–H and O–H groups in total. The van der Waals surface area contributed by atoms with Gasteiger partial charge in [0.2, 0.25) is 6.79 Å². The monoisotopic (exact) mass is 312 g/mol. The van der Waals surface area contributed by atoms with Crippen LogP contribution >= 0.6 is 0 Å². The number of fused-ring (bicyclic) bond motifs is 1. The van der Waals surface area contributed by atoms with Crippen LogP contribution in [0, 0.1) is 0 Å². The van der Waals surface area contributed by atoms with Gasteiger partial charge in [-0.2, -0.15) is 0 Å². The van der Waals surface area contributed by atoms with E-state index in [1.807, 2.05) is 18.2 Å². The van der Waals surface area contributed by atoms with Crippen LogP contribution in [0.15, 0.2) is 43.0 Å². The summed E-state index contributed by atoms with van der Waals surface area (Å²) in [4.78, 5) is 12.1. The standard InChI is InChI=1S/C16H16N4O3/c1-2-7-17-15-6-4-12(19-20-15)16(21)18-9-11-3-5-13-14(8-11)23-10-22-13/h2-6,8H,1,7,9-10H2,(H,17,20)(H,18,21). The van der Waals surface area contributed by atoms with Crippen molar-refractivity contribution < 1.29 is 14.3 Å². The molecule has 2 heterocycles. The van der Waals surface area contributed by atoms with E-state index in [9.17, 15) is 4.79 Å². The van der Waals surface area contributed by atoms with E-state index in [2.05, 4.69) is 27.4 Å². The highest BCUT2D eigenvalue weighted by atomic mass is 16.7. The van der Waals surface area contributed by atoms with E-state index >= 15 is 0 Å². The van der Waals surface area contributed by atoms with Gasteiger partial charge in [0.15, 0.2) is 17.2 Å². The van der Waals surface area contributed by atoms with Gasteiger partial charge >= 0.3 is 0 Å². The van der Waals surface area contributed by atoms with E-state index in [0.717, 1.165) is 5.56 Å². The summed E-state index contributed by atoms with van der Waals surface area (Å²) in [5.74, 6) is 1.71. The smallest absolute Gasteiger partial charge is 0.272 e. The number of rotatable bonds is 6. The minimum Gasteiger partial charge on any atom is -0.454 e. The zero-order valence-electron chi connectivity index (χ0n) is 12.4. The number of ether oxygens (including phenoxy) is 2. The van der Waals surface area contributed by atoms with E-state index in [-0.39, 0.29) is 18.4 Å². The van der Waals surface area contributed by atoms with E-state index in [0.29, 0.717) is 30.4 Å². The number of nitrogens with zero attached hydrogens (tertiary/aromatic N) is 2. The van der Waals surface area contributed by atoms with Crippen LogP contribution in [0.2, 0.25) is 0 Å². The maximum Gasteiger partial charge on any atom is 0.272 e. The first kappa shape index (κ1) is 14.8. The zero-order valence-corrected chi connectivity index (χ0v) is 12.4. The maximum atomic E-state index is 12.1. The van der Waals surface area contributed by atoms with Crippen LogP contribution < -0.4 is 20.1 Å². The fourth-order valence-electron chi connectivity index (χ4n) is 2.05. The van der Waals surface area contributed by atoms with Crippen molar-refractivity contribution in [3.05, 3.63) is 54.2 Å². The SMILES string of the molecule is C=CCNc1ccc(C(=O)NCc2ccc3c(c2)OCO3)nn1. The summed E-state index contributed by atoms with van der Waals surface area (Å²) >= 11 is 0. The van der Waals surface area contributed by atoms with Crippen molar-refractivity contribution in [3.8, 4) is 11.5 Å². The Morgan fingerprint density at radius 2 is 2.09 bits per heavy atom. The molecule has 3 rings (SSSR count). The Kier molecular flexibility index (Phi) is 4.37. The van der Waals surface area contributed by atoms with Gasteiger partial charge in [-0.3, -0.25) is 4.79 Å². The summed E-state index contributed by atoms with van der Waals surface area (Å²) in [6.45, 7) is 4.79. The molecule has 1 aliphatic heterocycles. The molecule has 0 aliphatic carbocycles. The molecule has 7 heteroatoms. The van der Waals surface area contributed by atoms with Crippen LogP contribution in [0.3, 0.4) is 0 Å². The summed E-state index contributed by atoms with van der Waals surface area (Å²) in [7, 11) is 0. The molecule has 0 saturated carbocycles. The van der Waals surface area contributed by atoms with Crippen LogP contribution in [-0.4, -0.2) is 29.4 Å². The van der Waals surface area contributed by atoms with Crippen LogP contribution in [-0.2, 0) is 6.54 Å². The van der Waals surface area contributed by atoms with Crippen molar-refractivity contribution in [2.75, 3.05) is 18.7 Å². The second kappa shape index (κ2) is 6.78. The van der Waals surface area contributed by atoms with Gasteiger partial charge < -0.3 is 20.1 Å². The van der Waals surface area contributed by atoms with Gasteiger partial charge in [-0.1, -0.05) is 12.1 Å². The average molecular weight is 312 g/mol. The van der Waals surface area contributed by atoms with Crippen LogP contribution in [0.1, 0.15) is 16.1 Å². The van der Waals surface area contributed by atoms with Gasteiger partial charge in [0.25, 0.3) is 5.91 Å². The molecule has 2 aromatic rings. The minimum absolute atomic E-state index is 0.229. The first-order chi connectivity index (χ1) is 11.3. The molecule has 1 amide bonds. The largest absolute Gasteiger partial charge is 0.454 e. The molecule has 0 spiro atoms. The fourth-order valence-corrected chi connectivity index (χ4v) is 2.05. The van der Waals surface area contributed by atoms with Crippen molar-refractivity contribution in [1.29, 1.82) is 0 Å². The summed E-state index contributed by atoms with van der Waals surface area (Å²) in [5, 5.41) is 13.6. The summed E-state index contributed by atoms with van der Waals surface area (Å²) in [5.41, 5.74) is 1.18. The van der Waals surface area contributed by atoms with Crippen molar-refractivity contribution in [2.24, 2.45) is 0 Å². The number of hydrogen-bond donors (Lipinski definition) is 2. The highest BCUT2D eigenvalue weighted by Gasteiger charge is 2.14. The van der Waals surface area contributed by atoms with Gasteiger partial charge in [0.1, 0.15) is 5.82 Å². The number of amides is 1. The molecule has 23 heavy (non-hydrogen) atoms. The van der Waals surface area contributed by atoms with Crippen LogP contribution in [0.4, 0.5) is 5.82 Å². The molecule has 0 radical (unpaired) electrons. The van der Waals surface area contributed by atoms with Crippen LogP contribution in [0.25, 0.3) is 0 Å².